The van der Waals surface area contributed by atoms with Crippen LogP contribution in [0.2, 0.25) is 0 Å². The van der Waals surface area contributed by atoms with Crippen molar-refractivity contribution in [2.24, 2.45) is 0 Å². The first-order valence-corrected chi connectivity index (χ1v) is 4.12. The average molecular weight is 126 g/mol. The number of rotatable bonds is 2. The third-order valence-electron chi connectivity index (χ3n) is 0.319. The number of hydrogen-bond donors (Lipinski definition) is 1. The summed E-state index contributed by atoms with van der Waals surface area (Å²) in [5.74, 6) is 0.515. The van der Waals surface area contributed by atoms with Crippen molar-refractivity contribution < 1.29 is 9.11 Å². The van der Waals surface area contributed by atoms with Crippen molar-refractivity contribution in [2.45, 2.75) is 6.92 Å². The van der Waals surface area contributed by atoms with Crippen LogP contribution in [0, 0.1) is 0 Å². The molecular weight excluding hydrogens is 120 g/mol. The van der Waals surface area contributed by atoms with Crippen LogP contribution in [0.4, 0.5) is 0 Å². The van der Waals surface area contributed by atoms with Crippen molar-refractivity contribution in [1.82, 2.24) is 0 Å². The van der Waals surface area contributed by atoms with Gasteiger partial charge >= 0.3 is 0 Å². The molecule has 0 bridgehead atoms. The Labute approximate surface area is 43.7 Å². The molecule has 38 valence electrons. The van der Waals surface area contributed by atoms with E-state index in [9.17, 15) is 4.55 Å². The Balaban J connectivity index is 2.75. The van der Waals surface area contributed by atoms with E-state index in [1.54, 1.807) is 6.92 Å². The third-order valence-corrected chi connectivity index (χ3v) is 2.16. The van der Waals surface area contributed by atoms with Gasteiger partial charge in [0.05, 0.1) is 0 Å². The van der Waals surface area contributed by atoms with Crippen molar-refractivity contribution in [3.05, 3.63) is 0 Å². The molecule has 1 N–H and O–H groups in total. The fraction of sp³-hybridized carbons (Fsp3) is 1.00. The Morgan fingerprint density at radius 1 is 2.00 bits per heavy atom. The van der Waals surface area contributed by atoms with E-state index in [0.29, 0.717) is 16.8 Å². The van der Waals surface area contributed by atoms with Gasteiger partial charge in [0.25, 0.3) is 11.1 Å². The highest BCUT2D eigenvalue weighted by atomic mass is 33.1. The van der Waals surface area contributed by atoms with Gasteiger partial charge < -0.3 is 4.55 Å². The molecule has 0 unspecified atom stereocenters. The van der Waals surface area contributed by atoms with Crippen LogP contribution in [0.25, 0.3) is 0 Å². The molecule has 0 amide bonds. The molecule has 0 fully saturated rings. The minimum atomic E-state index is -1.06. The fourth-order valence-corrected chi connectivity index (χ4v) is 0.474. The summed E-state index contributed by atoms with van der Waals surface area (Å²) in [6.45, 7) is 1.75. The zero-order chi connectivity index (χ0) is 4.99. The topological polar surface area (TPSA) is 43.3 Å². The zero-order valence-electron chi connectivity index (χ0n) is 3.38. The summed E-state index contributed by atoms with van der Waals surface area (Å²) < 4.78 is 18.0. The molecule has 2 nitrogen and oxygen atoms in total. The van der Waals surface area contributed by atoms with Crippen molar-refractivity contribution in [2.75, 3.05) is 5.75 Å². The Morgan fingerprint density at radius 3 is 2.50 bits per heavy atom. The van der Waals surface area contributed by atoms with Gasteiger partial charge in [-0.2, -0.15) is 0 Å². The van der Waals surface area contributed by atoms with Crippen LogP contribution < -0.4 is 0 Å². The summed E-state index contributed by atoms with van der Waals surface area (Å²) in [6.07, 6.45) is 0. The molecule has 0 aromatic rings. The van der Waals surface area contributed by atoms with Gasteiger partial charge in [-0.15, -0.1) is 0 Å². The van der Waals surface area contributed by atoms with Crippen LogP contribution in [0.5, 0.6) is 0 Å². The fourth-order valence-electron chi connectivity index (χ4n) is 0.0527. The molecule has 4 heteroatoms. The molecule has 0 aliphatic heterocycles. The van der Waals surface area contributed by atoms with Gasteiger partial charge in [-0.3, -0.25) is 4.55 Å². The van der Waals surface area contributed by atoms with Crippen molar-refractivity contribution in [1.29, 1.82) is 0 Å². The first-order valence-electron chi connectivity index (χ1n) is 1.51. The molecule has 0 aliphatic carbocycles. The van der Waals surface area contributed by atoms with E-state index in [1.165, 1.54) is 0 Å². The molecule has 0 rings (SSSR count). The molecule has 0 spiro atoms. The lowest BCUT2D eigenvalue weighted by atomic mass is 11.0. The summed E-state index contributed by atoms with van der Waals surface area (Å²) in [6, 6.07) is 0. The zero-order valence-corrected chi connectivity index (χ0v) is 5.01. The summed E-state index contributed by atoms with van der Waals surface area (Å²) in [5.41, 5.74) is 0. The Hall–Kier alpha value is 0.620. The van der Waals surface area contributed by atoms with E-state index in [2.05, 4.69) is 0 Å². The second kappa shape index (κ2) is 3.80. The Bertz CT molecular complexity index is 28.7. The average Bonchev–Trinajstić information content (AvgIpc) is 1.65. The summed E-state index contributed by atoms with van der Waals surface area (Å²) in [4.78, 5) is 0. The minimum absolute atomic E-state index is 0.397. The van der Waals surface area contributed by atoms with Crippen LogP contribution in [0.15, 0.2) is 0 Å². The van der Waals surface area contributed by atoms with Gasteiger partial charge in [-0.05, 0) is 6.92 Å². The van der Waals surface area contributed by atoms with Crippen LogP contribution in [0.3, 0.4) is 0 Å². The second-order valence-electron chi connectivity index (χ2n) is 0.667. The van der Waals surface area contributed by atoms with E-state index >= 15 is 0 Å². The van der Waals surface area contributed by atoms with Gasteiger partial charge in [-0.25, -0.2) is 0 Å². The van der Waals surface area contributed by atoms with E-state index in [4.69, 9.17) is 4.55 Å². The Morgan fingerprint density at radius 2 is 2.50 bits per heavy atom. The standard InChI is InChI=1S/C2H6O2S2/c1-2-6(4)5-3/h3H,2H2,1H3/t6-/m0/s1. The molecule has 0 aromatic heterocycles. The largest absolute Gasteiger partial charge is 0.603 e. The molecule has 0 heterocycles. The maximum absolute atomic E-state index is 10.0. The molecule has 0 saturated heterocycles. The highest BCUT2D eigenvalue weighted by Crippen LogP contribution is 2.04. The summed E-state index contributed by atoms with van der Waals surface area (Å²) >= 11 is 0.397. The van der Waals surface area contributed by atoms with Gasteiger partial charge in [-0.1, -0.05) is 0 Å². The van der Waals surface area contributed by atoms with Gasteiger partial charge in [0.1, 0.15) is 5.75 Å². The summed E-state index contributed by atoms with van der Waals surface area (Å²) in [5, 5.41) is 0. The molecule has 0 aliphatic rings. The predicted molar refractivity (Wildman–Crippen MR) is 28.9 cm³/mol. The molecule has 0 saturated carbocycles. The minimum Gasteiger partial charge on any atom is -0.603 e. The van der Waals surface area contributed by atoms with E-state index in [1.807, 2.05) is 0 Å². The summed E-state index contributed by atoms with van der Waals surface area (Å²) in [7, 11) is -1.06. The van der Waals surface area contributed by atoms with Crippen LogP contribution in [-0.2, 0) is 10.2 Å². The van der Waals surface area contributed by atoms with Crippen LogP contribution in [-0.4, -0.2) is 14.9 Å². The van der Waals surface area contributed by atoms with E-state index in [-0.39, 0.29) is 0 Å². The highest BCUT2D eigenvalue weighted by Gasteiger charge is 1.97. The first kappa shape index (κ1) is 6.62. The van der Waals surface area contributed by atoms with Crippen molar-refractivity contribution in [3.8, 4) is 0 Å². The lowest BCUT2D eigenvalue weighted by molar-refractivity contribution is 0.603. The SMILES string of the molecule is CC[S@@+]([O-])SO. The quantitative estimate of drug-likeness (QED) is 0.339. The monoisotopic (exact) mass is 126 g/mol. The maximum atomic E-state index is 10.0. The molecule has 0 radical (unpaired) electrons. The lowest BCUT2D eigenvalue weighted by Crippen LogP contribution is -1.93. The van der Waals surface area contributed by atoms with Crippen LogP contribution in [0.1, 0.15) is 6.92 Å². The smallest absolute Gasteiger partial charge is 0.254 e. The number of hydrogen-bond acceptors (Lipinski definition) is 3. The normalized spacial score (nSPS) is 14.5. The van der Waals surface area contributed by atoms with Gasteiger partial charge in [0.2, 0.25) is 0 Å². The molecule has 0 aromatic carbocycles. The molecular formula is C2H6O2S2. The van der Waals surface area contributed by atoms with E-state index in [0.717, 1.165) is 0 Å². The van der Waals surface area contributed by atoms with Crippen molar-refractivity contribution >= 4 is 21.3 Å². The van der Waals surface area contributed by atoms with Crippen LogP contribution >= 0.6 is 11.1 Å². The molecule has 1 atom stereocenters. The predicted octanol–water partition coefficient (Wildman–Crippen LogP) is 0.876. The van der Waals surface area contributed by atoms with Gasteiger partial charge in [0, 0.05) is 10.2 Å². The highest BCUT2D eigenvalue weighted by molar-refractivity contribution is 8.69. The first-order chi connectivity index (χ1) is 2.81. The molecule has 6 heavy (non-hydrogen) atoms. The third kappa shape index (κ3) is 2.84. The maximum Gasteiger partial charge on any atom is 0.254 e. The lowest BCUT2D eigenvalue weighted by Gasteiger charge is -1.95. The Kier molecular flexibility index (Phi) is 4.19. The second-order valence-corrected chi connectivity index (χ2v) is 3.56. The van der Waals surface area contributed by atoms with E-state index < -0.39 is 10.2 Å². The van der Waals surface area contributed by atoms with Gasteiger partial charge in [0.15, 0.2) is 0 Å². The van der Waals surface area contributed by atoms with Crippen molar-refractivity contribution in [3.63, 3.8) is 0 Å².